The molecule has 2 amide bonds. The van der Waals surface area contributed by atoms with E-state index in [-0.39, 0.29) is 23.8 Å². The number of aromatic nitrogens is 1. The van der Waals surface area contributed by atoms with Crippen molar-refractivity contribution in [2.75, 3.05) is 46.3 Å². The lowest BCUT2D eigenvalue weighted by Gasteiger charge is -2.40. The number of hydrogen-bond acceptors (Lipinski definition) is 6. The summed E-state index contributed by atoms with van der Waals surface area (Å²) in [6.07, 6.45) is 1.40. The van der Waals surface area contributed by atoms with E-state index in [2.05, 4.69) is 17.1 Å². The van der Waals surface area contributed by atoms with Crippen LogP contribution in [0, 0.1) is 12.8 Å². The van der Waals surface area contributed by atoms with Crippen LogP contribution in [-0.2, 0) is 11.2 Å². The second-order valence-electron chi connectivity index (χ2n) is 9.22. The monoisotopic (exact) mass is 488 g/mol. The fraction of sp³-hybridized carbons (Fsp3) is 0.560. The molecule has 2 atom stereocenters. The minimum Gasteiger partial charge on any atom is -0.490 e. The fourth-order valence-electron chi connectivity index (χ4n) is 4.76. The smallest absolute Gasteiger partial charge is 0.259 e. The van der Waals surface area contributed by atoms with Crippen molar-refractivity contribution in [1.29, 1.82) is 0 Å². The number of likely N-dealkylation sites (tertiary alicyclic amines) is 1. The molecule has 2 aromatic rings. The van der Waals surface area contributed by atoms with E-state index in [1.165, 1.54) is 0 Å². The Kier molecular flexibility index (Phi) is 7.78. The lowest BCUT2D eigenvalue weighted by molar-refractivity contribution is -0.135. The molecule has 2 fully saturated rings. The summed E-state index contributed by atoms with van der Waals surface area (Å²) in [4.78, 5) is 32.6. The molecule has 0 radical (unpaired) electrons. The molecule has 0 bridgehead atoms. The first-order chi connectivity index (χ1) is 16.4. The molecular weight excluding hydrogens is 456 g/mol. The highest BCUT2D eigenvalue weighted by atomic mass is 35.5. The summed E-state index contributed by atoms with van der Waals surface area (Å²) in [5, 5.41) is 4.64. The lowest BCUT2D eigenvalue weighted by Crippen LogP contribution is -2.51. The molecule has 2 aliphatic rings. The van der Waals surface area contributed by atoms with Gasteiger partial charge in [-0.25, -0.2) is 0 Å². The van der Waals surface area contributed by atoms with Gasteiger partial charge in [0, 0.05) is 63.1 Å². The number of piperazine rings is 1. The third-order valence-electron chi connectivity index (χ3n) is 6.81. The molecule has 9 heteroatoms. The zero-order valence-electron chi connectivity index (χ0n) is 20.1. The van der Waals surface area contributed by atoms with Crippen LogP contribution in [0.4, 0.5) is 0 Å². The topological polar surface area (TPSA) is 79.1 Å². The van der Waals surface area contributed by atoms with Crippen LogP contribution in [0.15, 0.2) is 28.8 Å². The van der Waals surface area contributed by atoms with Crippen LogP contribution in [-0.4, -0.2) is 84.1 Å². The molecule has 34 heavy (non-hydrogen) atoms. The van der Waals surface area contributed by atoms with E-state index in [1.807, 2.05) is 28.9 Å². The van der Waals surface area contributed by atoms with Gasteiger partial charge >= 0.3 is 0 Å². The Balaban J connectivity index is 1.51. The van der Waals surface area contributed by atoms with Crippen LogP contribution in [0.2, 0.25) is 5.02 Å². The largest absolute Gasteiger partial charge is 0.490 e. The lowest BCUT2D eigenvalue weighted by atomic mass is 9.90. The highest BCUT2D eigenvalue weighted by molar-refractivity contribution is 6.30. The Bertz CT molecular complexity index is 1020. The van der Waals surface area contributed by atoms with Gasteiger partial charge in [-0.2, -0.15) is 0 Å². The Morgan fingerprint density at radius 1 is 1.18 bits per heavy atom. The van der Waals surface area contributed by atoms with E-state index in [0.29, 0.717) is 60.1 Å². The van der Waals surface area contributed by atoms with E-state index in [0.717, 1.165) is 26.2 Å². The van der Waals surface area contributed by atoms with Crippen molar-refractivity contribution < 1.29 is 18.8 Å². The maximum atomic E-state index is 13.4. The standard InChI is InChI=1S/C25H33ClN4O4/c1-4-21-24(17(2)34-27-21)25(32)30-9-8-22(33-20-7-5-6-19(26)15-20)18(16-30)14-23(31)29-12-10-28(3)11-13-29/h5-7,15,18,22H,4,8-14,16H2,1-3H3/t18-,22-/m0/s1. The first-order valence-corrected chi connectivity index (χ1v) is 12.4. The molecule has 0 unspecified atom stereocenters. The van der Waals surface area contributed by atoms with Crippen LogP contribution in [0.25, 0.3) is 0 Å². The van der Waals surface area contributed by atoms with Gasteiger partial charge in [-0.3, -0.25) is 9.59 Å². The quantitative estimate of drug-likeness (QED) is 0.621. The van der Waals surface area contributed by atoms with E-state index in [9.17, 15) is 9.59 Å². The SMILES string of the molecule is CCc1noc(C)c1C(=O)N1CC[C@H](Oc2cccc(Cl)c2)[C@@H](CC(=O)N2CCN(C)CC2)C1. The van der Waals surface area contributed by atoms with Gasteiger partial charge in [-0.05, 0) is 38.6 Å². The molecule has 0 spiro atoms. The van der Waals surface area contributed by atoms with Crippen molar-refractivity contribution in [3.63, 3.8) is 0 Å². The van der Waals surface area contributed by atoms with Gasteiger partial charge in [0.2, 0.25) is 5.91 Å². The number of benzene rings is 1. The number of ether oxygens (including phenoxy) is 1. The highest BCUT2D eigenvalue weighted by Gasteiger charge is 2.37. The number of likely N-dealkylation sites (N-methyl/N-ethyl adjacent to an activating group) is 1. The van der Waals surface area contributed by atoms with Crippen LogP contribution in [0.1, 0.15) is 41.6 Å². The second-order valence-corrected chi connectivity index (χ2v) is 9.65. The van der Waals surface area contributed by atoms with Crippen molar-refractivity contribution in [1.82, 2.24) is 19.9 Å². The molecule has 184 valence electrons. The molecule has 1 aromatic carbocycles. The summed E-state index contributed by atoms with van der Waals surface area (Å²) in [7, 11) is 2.07. The Morgan fingerprint density at radius 3 is 2.65 bits per heavy atom. The average Bonchev–Trinajstić information content (AvgIpc) is 3.20. The van der Waals surface area contributed by atoms with E-state index in [4.69, 9.17) is 20.9 Å². The Morgan fingerprint density at radius 2 is 1.94 bits per heavy atom. The maximum Gasteiger partial charge on any atom is 0.259 e. The molecule has 2 saturated heterocycles. The predicted octanol–water partition coefficient (Wildman–Crippen LogP) is 3.27. The first-order valence-electron chi connectivity index (χ1n) is 12.0. The number of halogens is 1. The number of hydrogen-bond donors (Lipinski definition) is 0. The van der Waals surface area contributed by atoms with Crippen LogP contribution in [0.5, 0.6) is 5.75 Å². The van der Waals surface area contributed by atoms with Crippen molar-refractivity contribution in [3.8, 4) is 5.75 Å². The third-order valence-corrected chi connectivity index (χ3v) is 7.05. The molecule has 8 nitrogen and oxygen atoms in total. The number of piperidine rings is 1. The van der Waals surface area contributed by atoms with Gasteiger partial charge in [-0.1, -0.05) is 29.7 Å². The van der Waals surface area contributed by atoms with E-state index in [1.54, 1.807) is 19.1 Å². The molecule has 2 aliphatic heterocycles. The van der Waals surface area contributed by atoms with Crippen molar-refractivity contribution in [2.24, 2.45) is 5.92 Å². The van der Waals surface area contributed by atoms with Crippen LogP contribution < -0.4 is 4.74 Å². The van der Waals surface area contributed by atoms with Gasteiger partial charge in [0.25, 0.3) is 5.91 Å². The zero-order chi connectivity index (χ0) is 24.2. The number of carbonyl (C=O) groups excluding carboxylic acids is 2. The summed E-state index contributed by atoms with van der Waals surface area (Å²) in [5.41, 5.74) is 1.21. The van der Waals surface area contributed by atoms with Crippen LogP contribution in [0.3, 0.4) is 0 Å². The van der Waals surface area contributed by atoms with Gasteiger partial charge in [0.15, 0.2) is 0 Å². The average molecular weight is 489 g/mol. The fourth-order valence-corrected chi connectivity index (χ4v) is 4.94. The summed E-state index contributed by atoms with van der Waals surface area (Å²) in [6.45, 7) is 7.90. The van der Waals surface area contributed by atoms with Gasteiger partial charge < -0.3 is 24.0 Å². The summed E-state index contributed by atoms with van der Waals surface area (Å²) in [6, 6.07) is 7.31. The third kappa shape index (κ3) is 5.55. The number of carbonyl (C=O) groups is 2. The normalized spacial score (nSPS) is 21.5. The van der Waals surface area contributed by atoms with E-state index >= 15 is 0 Å². The Labute approximate surface area is 205 Å². The maximum absolute atomic E-state index is 13.4. The van der Waals surface area contributed by atoms with E-state index < -0.39 is 0 Å². The number of aryl methyl sites for hydroxylation is 2. The summed E-state index contributed by atoms with van der Waals surface area (Å²) >= 11 is 6.15. The molecule has 3 heterocycles. The van der Waals surface area contributed by atoms with Crippen molar-refractivity contribution >= 4 is 23.4 Å². The van der Waals surface area contributed by atoms with Gasteiger partial charge in [0.05, 0.1) is 5.69 Å². The summed E-state index contributed by atoms with van der Waals surface area (Å²) in [5.74, 6) is 1.10. The van der Waals surface area contributed by atoms with Gasteiger partial charge in [-0.15, -0.1) is 0 Å². The molecular formula is C25H33ClN4O4. The molecule has 1 aromatic heterocycles. The minimum atomic E-state index is -0.187. The number of rotatable bonds is 6. The zero-order valence-corrected chi connectivity index (χ0v) is 20.9. The first kappa shape index (κ1) is 24.5. The summed E-state index contributed by atoms with van der Waals surface area (Å²) < 4.78 is 11.6. The molecule has 0 N–H and O–H groups in total. The van der Waals surface area contributed by atoms with Crippen LogP contribution >= 0.6 is 11.6 Å². The second kappa shape index (κ2) is 10.8. The number of nitrogens with zero attached hydrogens (tertiary/aromatic N) is 4. The Hall–Kier alpha value is -2.58. The predicted molar refractivity (Wildman–Crippen MR) is 129 cm³/mol. The van der Waals surface area contributed by atoms with Crippen molar-refractivity contribution in [2.45, 2.75) is 39.2 Å². The molecule has 0 aliphatic carbocycles. The molecule has 4 rings (SSSR count). The number of amides is 2. The van der Waals surface area contributed by atoms with Gasteiger partial charge in [0.1, 0.15) is 23.2 Å². The highest BCUT2D eigenvalue weighted by Crippen LogP contribution is 2.29. The molecule has 0 saturated carbocycles. The van der Waals surface area contributed by atoms with Crippen molar-refractivity contribution in [3.05, 3.63) is 46.3 Å². The minimum absolute atomic E-state index is 0.0890.